The van der Waals surface area contributed by atoms with Gasteiger partial charge in [-0.1, -0.05) is 72.3 Å². The molecule has 0 unspecified atom stereocenters. The Morgan fingerprint density at radius 3 is 2.41 bits per heavy atom. The first-order valence-corrected chi connectivity index (χ1v) is 10.6. The first-order valence-electron chi connectivity index (χ1n) is 10.6. The molecule has 4 amide bonds. The van der Waals surface area contributed by atoms with Crippen molar-refractivity contribution in [1.29, 1.82) is 0 Å². The average molecular weight is 428 g/mol. The van der Waals surface area contributed by atoms with Gasteiger partial charge in [-0.25, -0.2) is 4.79 Å². The van der Waals surface area contributed by atoms with E-state index in [0.717, 1.165) is 22.3 Å². The monoisotopic (exact) mass is 427 g/mol. The largest absolute Gasteiger partial charge is 0.348 e. The normalized spacial score (nSPS) is 15.9. The highest BCUT2D eigenvalue weighted by Gasteiger charge is 2.32. The van der Waals surface area contributed by atoms with Crippen LogP contribution in [0.15, 0.2) is 78.9 Å². The summed E-state index contributed by atoms with van der Waals surface area (Å²) in [6, 6.07) is 23.7. The van der Waals surface area contributed by atoms with Gasteiger partial charge < -0.3 is 10.6 Å². The zero-order chi connectivity index (χ0) is 22.5. The summed E-state index contributed by atoms with van der Waals surface area (Å²) >= 11 is 0. The molecule has 3 aromatic rings. The molecule has 0 radical (unpaired) electrons. The quantitative estimate of drug-likeness (QED) is 0.621. The van der Waals surface area contributed by atoms with E-state index in [0.29, 0.717) is 12.1 Å². The number of urea groups is 1. The lowest BCUT2D eigenvalue weighted by Crippen LogP contribution is -2.50. The molecule has 0 saturated carbocycles. The number of hydrogen-bond donors (Lipinski definition) is 2. The third-order valence-corrected chi connectivity index (χ3v) is 5.52. The van der Waals surface area contributed by atoms with E-state index in [1.807, 2.05) is 61.5 Å². The molecule has 1 aliphatic heterocycles. The van der Waals surface area contributed by atoms with Crippen LogP contribution in [0.2, 0.25) is 0 Å². The standard InChI is InChI=1S/C26H25N3O3/c1-18-6-5-9-22(14-18)23-15-24(30)29(26(32)28-23)17-20-10-12-21(13-11-20)25(31)27-16-19-7-3-2-4-8-19/h2-14,23H,15-17H2,1H3,(H,27,31)(H,28,32)/t23-/m1/s1. The van der Waals surface area contributed by atoms with Gasteiger partial charge in [-0.3, -0.25) is 14.5 Å². The first kappa shape index (κ1) is 21.3. The van der Waals surface area contributed by atoms with Crippen LogP contribution in [0, 0.1) is 6.92 Å². The van der Waals surface area contributed by atoms with Gasteiger partial charge in [-0.15, -0.1) is 0 Å². The van der Waals surface area contributed by atoms with Gasteiger partial charge in [0.15, 0.2) is 0 Å². The maximum atomic E-state index is 12.7. The Hall–Kier alpha value is -3.93. The molecule has 6 heteroatoms. The molecular formula is C26H25N3O3. The van der Waals surface area contributed by atoms with Crippen LogP contribution in [0.3, 0.4) is 0 Å². The van der Waals surface area contributed by atoms with E-state index in [2.05, 4.69) is 10.6 Å². The lowest BCUT2D eigenvalue weighted by molar-refractivity contribution is -0.130. The van der Waals surface area contributed by atoms with Crippen LogP contribution in [0.25, 0.3) is 0 Å². The van der Waals surface area contributed by atoms with E-state index in [1.54, 1.807) is 24.3 Å². The molecule has 3 aromatic carbocycles. The molecule has 0 aromatic heterocycles. The Morgan fingerprint density at radius 2 is 1.72 bits per heavy atom. The third kappa shape index (κ3) is 5.03. The summed E-state index contributed by atoms with van der Waals surface area (Å²) in [6.07, 6.45) is 0.217. The van der Waals surface area contributed by atoms with Crippen molar-refractivity contribution in [3.05, 3.63) is 107 Å². The number of carbonyl (C=O) groups excluding carboxylic acids is 3. The molecule has 162 valence electrons. The van der Waals surface area contributed by atoms with Crippen LogP contribution in [0.1, 0.15) is 45.1 Å². The Morgan fingerprint density at radius 1 is 0.969 bits per heavy atom. The number of nitrogens with zero attached hydrogens (tertiary/aromatic N) is 1. The minimum Gasteiger partial charge on any atom is -0.348 e. The van der Waals surface area contributed by atoms with Crippen molar-refractivity contribution in [3.8, 4) is 0 Å². The number of aryl methyl sites for hydroxylation is 1. The van der Waals surface area contributed by atoms with Gasteiger partial charge in [-0.05, 0) is 35.7 Å². The molecule has 32 heavy (non-hydrogen) atoms. The number of rotatable bonds is 6. The van der Waals surface area contributed by atoms with E-state index in [1.165, 1.54) is 4.90 Å². The van der Waals surface area contributed by atoms with Crippen LogP contribution in [0.5, 0.6) is 0 Å². The SMILES string of the molecule is Cc1cccc([C@H]2CC(=O)N(Cc3ccc(C(=O)NCc4ccccc4)cc3)C(=O)N2)c1. The van der Waals surface area contributed by atoms with Gasteiger partial charge in [-0.2, -0.15) is 0 Å². The highest BCUT2D eigenvalue weighted by atomic mass is 16.2. The van der Waals surface area contributed by atoms with Gasteiger partial charge in [0.25, 0.3) is 5.91 Å². The summed E-state index contributed by atoms with van der Waals surface area (Å²) in [4.78, 5) is 38.9. The van der Waals surface area contributed by atoms with Gasteiger partial charge in [0, 0.05) is 12.1 Å². The molecule has 0 aliphatic carbocycles. The zero-order valence-corrected chi connectivity index (χ0v) is 17.9. The van der Waals surface area contributed by atoms with Crippen molar-refractivity contribution in [3.63, 3.8) is 0 Å². The van der Waals surface area contributed by atoms with Gasteiger partial charge in [0.05, 0.1) is 19.0 Å². The van der Waals surface area contributed by atoms with Crippen molar-refractivity contribution >= 4 is 17.8 Å². The van der Waals surface area contributed by atoms with Crippen LogP contribution in [0.4, 0.5) is 4.79 Å². The predicted molar refractivity (Wildman–Crippen MR) is 122 cm³/mol. The summed E-state index contributed by atoms with van der Waals surface area (Å²) in [5.74, 6) is -0.391. The third-order valence-electron chi connectivity index (χ3n) is 5.52. The van der Waals surface area contributed by atoms with E-state index < -0.39 is 6.03 Å². The second-order valence-corrected chi connectivity index (χ2v) is 7.97. The van der Waals surface area contributed by atoms with E-state index in [9.17, 15) is 14.4 Å². The summed E-state index contributed by atoms with van der Waals surface area (Å²) in [6.45, 7) is 2.59. The second-order valence-electron chi connectivity index (χ2n) is 7.97. The molecular weight excluding hydrogens is 402 g/mol. The Bertz CT molecular complexity index is 1110. The molecule has 2 N–H and O–H groups in total. The molecule has 4 rings (SSSR count). The molecule has 1 aliphatic rings. The zero-order valence-electron chi connectivity index (χ0n) is 17.9. The maximum absolute atomic E-state index is 12.7. The summed E-state index contributed by atoms with van der Waals surface area (Å²) in [7, 11) is 0. The van der Waals surface area contributed by atoms with Crippen molar-refractivity contribution < 1.29 is 14.4 Å². The summed E-state index contributed by atoms with van der Waals surface area (Å²) < 4.78 is 0. The molecule has 1 heterocycles. The Labute approximate surface area is 187 Å². The maximum Gasteiger partial charge on any atom is 0.324 e. The topological polar surface area (TPSA) is 78.5 Å². The fourth-order valence-electron chi connectivity index (χ4n) is 3.75. The van der Waals surface area contributed by atoms with Crippen molar-refractivity contribution in [2.75, 3.05) is 0 Å². The van der Waals surface area contributed by atoms with Crippen LogP contribution in [-0.4, -0.2) is 22.7 Å². The highest BCUT2D eigenvalue weighted by molar-refractivity contribution is 5.97. The van der Waals surface area contributed by atoms with E-state index >= 15 is 0 Å². The molecule has 0 bridgehead atoms. The predicted octanol–water partition coefficient (Wildman–Crippen LogP) is 4.11. The van der Waals surface area contributed by atoms with Crippen LogP contribution in [-0.2, 0) is 17.9 Å². The Balaban J connectivity index is 1.35. The van der Waals surface area contributed by atoms with Crippen molar-refractivity contribution in [2.24, 2.45) is 0 Å². The molecule has 1 saturated heterocycles. The summed E-state index contributed by atoms with van der Waals surface area (Å²) in [5, 5.41) is 5.81. The molecule has 1 atom stereocenters. The smallest absolute Gasteiger partial charge is 0.324 e. The first-order chi connectivity index (χ1) is 15.5. The molecule has 6 nitrogen and oxygen atoms in total. The number of imide groups is 1. The van der Waals surface area contributed by atoms with E-state index in [4.69, 9.17) is 0 Å². The number of amides is 4. The minimum atomic E-state index is -0.405. The van der Waals surface area contributed by atoms with Crippen LogP contribution >= 0.6 is 0 Å². The second kappa shape index (κ2) is 9.47. The highest BCUT2D eigenvalue weighted by Crippen LogP contribution is 2.24. The number of carbonyl (C=O) groups is 3. The van der Waals surface area contributed by atoms with Crippen molar-refractivity contribution in [1.82, 2.24) is 15.5 Å². The average Bonchev–Trinajstić information content (AvgIpc) is 2.81. The lowest BCUT2D eigenvalue weighted by atomic mass is 9.99. The van der Waals surface area contributed by atoms with Gasteiger partial charge >= 0.3 is 6.03 Å². The number of nitrogens with one attached hydrogen (secondary N) is 2. The van der Waals surface area contributed by atoms with E-state index in [-0.39, 0.29) is 30.8 Å². The van der Waals surface area contributed by atoms with Crippen molar-refractivity contribution in [2.45, 2.75) is 32.5 Å². The minimum absolute atomic E-state index is 0.164. The Kier molecular flexibility index (Phi) is 6.31. The summed E-state index contributed by atoms with van der Waals surface area (Å²) in [5.41, 5.74) is 4.34. The number of benzene rings is 3. The van der Waals surface area contributed by atoms with Gasteiger partial charge in [0.1, 0.15) is 0 Å². The lowest BCUT2D eigenvalue weighted by Gasteiger charge is -2.31. The number of hydrogen-bond acceptors (Lipinski definition) is 3. The fourth-order valence-corrected chi connectivity index (χ4v) is 3.75. The fraction of sp³-hybridized carbons (Fsp3) is 0.192. The van der Waals surface area contributed by atoms with Crippen LogP contribution < -0.4 is 10.6 Å². The molecule has 0 spiro atoms. The van der Waals surface area contributed by atoms with Gasteiger partial charge in [0.2, 0.25) is 5.91 Å². The molecule has 1 fully saturated rings.